The van der Waals surface area contributed by atoms with Gasteiger partial charge >= 0.3 is 0 Å². The highest BCUT2D eigenvalue weighted by Gasteiger charge is 2.34. The topological polar surface area (TPSA) is 76.7 Å². The summed E-state index contributed by atoms with van der Waals surface area (Å²) in [5.74, 6) is 0.484. The van der Waals surface area contributed by atoms with Crippen molar-refractivity contribution >= 4 is 28.5 Å². The minimum Gasteiger partial charge on any atom is -0.340 e. The van der Waals surface area contributed by atoms with Crippen molar-refractivity contribution in [2.75, 3.05) is 19.6 Å². The Morgan fingerprint density at radius 3 is 2.47 bits per heavy atom. The Morgan fingerprint density at radius 2 is 1.72 bits per heavy atom. The van der Waals surface area contributed by atoms with E-state index in [-0.39, 0.29) is 11.9 Å². The molecular weight excluding hydrogens is 448 g/mol. The number of piperazine rings is 1. The molecule has 0 saturated carbocycles. The van der Waals surface area contributed by atoms with Gasteiger partial charge in [-0.15, -0.1) is 0 Å². The van der Waals surface area contributed by atoms with Crippen LogP contribution in [0.15, 0.2) is 89.9 Å². The molecule has 1 aromatic heterocycles. The van der Waals surface area contributed by atoms with Crippen molar-refractivity contribution in [2.24, 2.45) is 12.0 Å². The van der Waals surface area contributed by atoms with Gasteiger partial charge in [-0.2, -0.15) is 5.26 Å². The van der Waals surface area contributed by atoms with E-state index in [4.69, 9.17) is 4.99 Å². The fourth-order valence-corrected chi connectivity index (χ4v) is 4.85. The third-order valence-corrected chi connectivity index (χ3v) is 6.81. The third-order valence-electron chi connectivity index (χ3n) is 6.81. The van der Waals surface area contributed by atoms with E-state index in [0.29, 0.717) is 31.3 Å². The predicted molar refractivity (Wildman–Crippen MR) is 142 cm³/mol. The number of hydrogen-bond donors (Lipinski definition) is 1. The smallest absolute Gasteiger partial charge is 0.271 e. The molecule has 1 amide bonds. The van der Waals surface area contributed by atoms with E-state index in [0.717, 1.165) is 27.7 Å². The Morgan fingerprint density at radius 1 is 1.00 bits per heavy atom. The number of hydrogen-bond acceptors (Lipinski definition) is 3. The molecule has 7 nitrogen and oxygen atoms in total. The molecule has 1 atom stereocenters. The molecule has 1 N–H and O–H groups in total. The van der Waals surface area contributed by atoms with Gasteiger partial charge in [0.2, 0.25) is 5.96 Å². The molecule has 0 aliphatic carbocycles. The number of nitriles is 1. The van der Waals surface area contributed by atoms with Crippen LogP contribution in [-0.4, -0.2) is 45.9 Å². The van der Waals surface area contributed by atoms with Crippen LogP contribution >= 0.6 is 0 Å². The van der Waals surface area contributed by atoms with E-state index in [1.165, 1.54) is 0 Å². The van der Waals surface area contributed by atoms with Crippen LogP contribution in [-0.2, 0) is 7.05 Å². The number of aryl methyl sites for hydroxylation is 2. The number of aromatic nitrogens is 1. The van der Waals surface area contributed by atoms with E-state index in [1.807, 2.05) is 115 Å². The number of guanidine groups is 1. The summed E-state index contributed by atoms with van der Waals surface area (Å²) in [4.78, 5) is 22.7. The number of fused-ring (bicyclic) bond motifs is 1. The van der Waals surface area contributed by atoms with Crippen molar-refractivity contribution in [1.29, 1.82) is 5.26 Å². The van der Waals surface area contributed by atoms with E-state index in [1.54, 1.807) is 0 Å². The lowest BCUT2D eigenvalue weighted by atomic mass is 10.0. The van der Waals surface area contributed by atoms with Gasteiger partial charge in [-0.05, 0) is 36.2 Å². The first-order valence-electron chi connectivity index (χ1n) is 12.0. The SMILES string of the molecule is Cc1ccccc1N=C(NC#N)N1CCN(C(=O)c2cc3ccccc3n2C)C(c2ccccc2)C1. The monoisotopic (exact) mass is 476 g/mol. The summed E-state index contributed by atoms with van der Waals surface area (Å²) in [5.41, 5.74) is 4.57. The minimum atomic E-state index is -0.201. The molecule has 5 rings (SSSR count). The quantitative estimate of drug-likeness (QED) is 0.200. The van der Waals surface area contributed by atoms with Crippen LogP contribution in [0.3, 0.4) is 0 Å². The summed E-state index contributed by atoms with van der Waals surface area (Å²) in [5, 5.41) is 13.3. The average molecular weight is 477 g/mol. The van der Waals surface area contributed by atoms with Crippen molar-refractivity contribution in [3.63, 3.8) is 0 Å². The van der Waals surface area contributed by atoms with Crippen LogP contribution < -0.4 is 5.32 Å². The zero-order valence-corrected chi connectivity index (χ0v) is 20.4. The summed E-state index contributed by atoms with van der Waals surface area (Å²) in [7, 11) is 1.94. The number of rotatable bonds is 3. The van der Waals surface area contributed by atoms with Crippen molar-refractivity contribution in [2.45, 2.75) is 13.0 Å². The third kappa shape index (κ3) is 4.41. The second-order valence-electron chi connectivity index (χ2n) is 8.98. The molecule has 1 unspecified atom stereocenters. The zero-order chi connectivity index (χ0) is 25.1. The Hall–Kier alpha value is -4.57. The van der Waals surface area contributed by atoms with Crippen molar-refractivity contribution in [3.8, 4) is 6.19 Å². The first-order valence-corrected chi connectivity index (χ1v) is 12.0. The van der Waals surface area contributed by atoms with Gasteiger partial charge in [0.25, 0.3) is 5.91 Å². The highest BCUT2D eigenvalue weighted by atomic mass is 16.2. The normalized spacial score (nSPS) is 16.1. The van der Waals surface area contributed by atoms with Crippen molar-refractivity contribution in [3.05, 3.63) is 102 Å². The first-order chi connectivity index (χ1) is 17.6. The first kappa shape index (κ1) is 23.2. The van der Waals surface area contributed by atoms with Crippen LogP contribution in [0.4, 0.5) is 5.69 Å². The number of carbonyl (C=O) groups is 1. The Bertz CT molecular complexity index is 1470. The maximum absolute atomic E-state index is 13.9. The second-order valence-corrected chi connectivity index (χ2v) is 8.98. The number of aliphatic imine (C=N–C) groups is 1. The number of amides is 1. The van der Waals surface area contributed by atoms with Gasteiger partial charge < -0.3 is 14.4 Å². The standard InChI is InChI=1S/C29H28N6O/c1-21-10-6-8-14-24(21)32-29(31-20-30)34-16-17-35(27(19-34)22-11-4-3-5-12-22)28(36)26-18-23-13-7-9-15-25(23)33(26)2/h3-15,18,27H,16-17,19H2,1-2H3,(H,31,32). The highest BCUT2D eigenvalue weighted by molar-refractivity contribution is 5.99. The molecule has 180 valence electrons. The molecule has 7 heteroatoms. The molecule has 1 aliphatic rings. The number of nitrogens with zero attached hydrogens (tertiary/aromatic N) is 5. The molecule has 36 heavy (non-hydrogen) atoms. The van der Waals surface area contributed by atoms with E-state index in [2.05, 4.69) is 10.2 Å². The second kappa shape index (κ2) is 9.96. The van der Waals surface area contributed by atoms with Gasteiger partial charge in [-0.3, -0.25) is 10.1 Å². The van der Waals surface area contributed by atoms with Crippen LogP contribution in [0.2, 0.25) is 0 Å². The fraction of sp³-hybridized carbons (Fsp3) is 0.207. The maximum Gasteiger partial charge on any atom is 0.271 e. The Labute approximate surface area is 210 Å². The summed E-state index contributed by atoms with van der Waals surface area (Å²) in [6.45, 7) is 3.56. The largest absolute Gasteiger partial charge is 0.340 e. The number of benzene rings is 3. The van der Waals surface area contributed by atoms with E-state index >= 15 is 0 Å². The van der Waals surface area contributed by atoms with Gasteiger partial charge in [0.05, 0.1) is 11.7 Å². The fourth-order valence-electron chi connectivity index (χ4n) is 4.85. The van der Waals surface area contributed by atoms with Crippen LogP contribution in [0.1, 0.15) is 27.7 Å². The molecule has 1 saturated heterocycles. The lowest BCUT2D eigenvalue weighted by Crippen LogP contribution is -2.54. The summed E-state index contributed by atoms with van der Waals surface area (Å²) in [6, 6.07) is 27.7. The summed E-state index contributed by atoms with van der Waals surface area (Å²) < 4.78 is 1.97. The highest BCUT2D eigenvalue weighted by Crippen LogP contribution is 2.29. The lowest BCUT2D eigenvalue weighted by molar-refractivity contribution is 0.0538. The predicted octanol–water partition coefficient (Wildman–Crippen LogP) is 4.74. The zero-order valence-electron chi connectivity index (χ0n) is 20.4. The molecule has 1 aliphatic heterocycles. The number of para-hydroxylation sites is 2. The molecule has 0 radical (unpaired) electrons. The van der Waals surface area contributed by atoms with Crippen LogP contribution in [0.25, 0.3) is 10.9 Å². The summed E-state index contributed by atoms with van der Waals surface area (Å²) >= 11 is 0. The Kier molecular flexibility index (Phi) is 6.42. The van der Waals surface area contributed by atoms with Crippen LogP contribution in [0.5, 0.6) is 0 Å². The minimum absolute atomic E-state index is 0.00663. The van der Waals surface area contributed by atoms with E-state index < -0.39 is 0 Å². The molecule has 1 fully saturated rings. The van der Waals surface area contributed by atoms with Gasteiger partial charge in [-0.1, -0.05) is 66.7 Å². The van der Waals surface area contributed by atoms with Gasteiger partial charge in [-0.25, -0.2) is 4.99 Å². The maximum atomic E-state index is 13.9. The van der Waals surface area contributed by atoms with Crippen molar-refractivity contribution in [1.82, 2.24) is 19.7 Å². The number of carbonyl (C=O) groups excluding carboxylic acids is 1. The molecular formula is C29H28N6O. The molecule has 3 aromatic carbocycles. The van der Waals surface area contributed by atoms with E-state index in [9.17, 15) is 10.1 Å². The molecule has 4 aromatic rings. The van der Waals surface area contributed by atoms with Crippen molar-refractivity contribution < 1.29 is 4.79 Å². The van der Waals surface area contributed by atoms with Gasteiger partial charge in [0, 0.05) is 37.6 Å². The average Bonchev–Trinajstić information content (AvgIpc) is 3.26. The molecule has 2 heterocycles. The molecule has 0 spiro atoms. The Balaban J connectivity index is 1.50. The molecule has 0 bridgehead atoms. The van der Waals surface area contributed by atoms with Gasteiger partial charge in [0.15, 0.2) is 6.19 Å². The lowest BCUT2D eigenvalue weighted by Gasteiger charge is -2.42. The van der Waals surface area contributed by atoms with Crippen LogP contribution in [0, 0.1) is 18.4 Å². The van der Waals surface area contributed by atoms with Gasteiger partial charge in [0.1, 0.15) is 5.69 Å². The summed E-state index contributed by atoms with van der Waals surface area (Å²) in [6.07, 6.45) is 2.04. The number of nitrogens with one attached hydrogen (secondary N) is 1.